The molecule has 3 rings (SSSR count). The van der Waals surface area contributed by atoms with Crippen molar-refractivity contribution in [3.63, 3.8) is 0 Å². The minimum atomic E-state index is -0.403. The summed E-state index contributed by atoms with van der Waals surface area (Å²) in [4.78, 5) is 16.8. The highest BCUT2D eigenvalue weighted by molar-refractivity contribution is 5.91. The van der Waals surface area contributed by atoms with Crippen molar-refractivity contribution in [1.29, 1.82) is 0 Å². The van der Waals surface area contributed by atoms with Crippen LogP contribution in [0, 0.1) is 0 Å². The molecule has 0 aliphatic rings. The zero-order valence-electron chi connectivity index (χ0n) is 17.9. The molecule has 2 amide bonds. The first-order valence-electron chi connectivity index (χ1n) is 9.48. The summed E-state index contributed by atoms with van der Waals surface area (Å²) >= 11 is 0. The number of nitrogens with one attached hydrogen (secondary N) is 2. The lowest BCUT2D eigenvalue weighted by molar-refractivity contribution is 0.252. The maximum Gasteiger partial charge on any atom is 0.323 e. The zero-order valence-corrected chi connectivity index (χ0v) is 17.9. The zero-order chi connectivity index (χ0) is 22.4. The number of amides is 2. The Kier molecular flexibility index (Phi) is 6.71. The first-order chi connectivity index (χ1) is 14.9. The number of hydrogen-bond acceptors (Lipinski definition) is 6. The average molecular weight is 420 g/mol. The maximum absolute atomic E-state index is 12.3. The Bertz CT molecular complexity index is 1120. The van der Waals surface area contributed by atoms with Crippen molar-refractivity contribution < 1.29 is 18.8 Å². The third-order valence-corrected chi connectivity index (χ3v) is 4.47. The predicted molar refractivity (Wildman–Crippen MR) is 118 cm³/mol. The van der Waals surface area contributed by atoms with E-state index in [2.05, 4.69) is 27.4 Å². The van der Waals surface area contributed by atoms with Gasteiger partial charge in [-0.1, -0.05) is 23.9 Å². The molecule has 8 nitrogen and oxygen atoms in total. The average Bonchev–Trinajstić information content (AvgIpc) is 3.27. The Hall–Kier alpha value is -4.07. The molecule has 0 atom stereocenters. The van der Waals surface area contributed by atoms with Crippen LogP contribution < -0.4 is 15.4 Å². The largest absolute Gasteiger partial charge is 0.499 e. The number of carbonyl (C=O) groups is 1. The van der Waals surface area contributed by atoms with E-state index in [9.17, 15) is 4.79 Å². The number of carbonyl (C=O) groups excluding carboxylic acids is 1. The van der Waals surface area contributed by atoms with Crippen LogP contribution in [0.1, 0.15) is 13.8 Å². The van der Waals surface area contributed by atoms with Crippen molar-refractivity contribution in [1.82, 2.24) is 15.5 Å². The molecule has 1 heterocycles. The topological polar surface area (TPSA) is 98.5 Å². The molecule has 160 valence electrons. The summed E-state index contributed by atoms with van der Waals surface area (Å²) in [5.41, 5.74) is 3.34. The number of urea groups is 1. The second kappa shape index (κ2) is 9.62. The first-order valence-corrected chi connectivity index (χ1v) is 9.48. The normalized spacial score (nSPS) is 11.4. The summed E-state index contributed by atoms with van der Waals surface area (Å²) in [5.74, 6) is 2.12. The van der Waals surface area contributed by atoms with Gasteiger partial charge in [-0.2, -0.15) is 4.98 Å². The fraction of sp³-hybridized carbons (Fsp3) is 0.174. The standard InChI is InChI=1S/C23H24N4O4/c1-14(2)20(15(3)29-4)25-23(28)24-18-11-9-16(10-12-18)22-26-21(27-31-22)17-7-6-8-19(13-17)30-5/h6-13H,1H2,2-5H3,(H2,24,25,28). The van der Waals surface area contributed by atoms with Crippen molar-refractivity contribution >= 4 is 11.7 Å². The molecular formula is C23H24N4O4. The van der Waals surface area contributed by atoms with Crippen molar-refractivity contribution in [2.45, 2.75) is 13.8 Å². The molecule has 0 spiro atoms. The Morgan fingerprint density at radius 1 is 1.06 bits per heavy atom. The smallest absolute Gasteiger partial charge is 0.323 e. The van der Waals surface area contributed by atoms with E-state index >= 15 is 0 Å². The molecule has 2 N–H and O–H groups in total. The van der Waals surface area contributed by atoms with Crippen LogP contribution in [0.2, 0.25) is 0 Å². The van der Waals surface area contributed by atoms with Gasteiger partial charge in [0.1, 0.15) is 11.5 Å². The third-order valence-electron chi connectivity index (χ3n) is 4.47. The molecule has 2 aromatic carbocycles. The number of methoxy groups -OCH3 is 2. The maximum atomic E-state index is 12.3. The van der Waals surface area contributed by atoms with Crippen LogP contribution in [-0.2, 0) is 4.74 Å². The third kappa shape index (κ3) is 5.30. The number of rotatable bonds is 7. The minimum absolute atomic E-state index is 0.372. The summed E-state index contributed by atoms with van der Waals surface area (Å²) in [5, 5.41) is 9.55. The Morgan fingerprint density at radius 3 is 2.45 bits per heavy atom. The number of ether oxygens (including phenoxy) is 2. The molecule has 0 radical (unpaired) electrons. The quantitative estimate of drug-likeness (QED) is 0.413. The van der Waals surface area contributed by atoms with E-state index in [1.807, 2.05) is 24.3 Å². The van der Waals surface area contributed by atoms with Gasteiger partial charge < -0.3 is 24.6 Å². The monoisotopic (exact) mass is 420 g/mol. The fourth-order valence-corrected chi connectivity index (χ4v) is 2.79. The van der Waals surface area contributed by atoms with Gasteiger partial charge in [0.15, 0.2) is 0 Å². The van der Waals surface area contributed by atoms with E-state index in [4.69, 9.17) is 14.0 Å². The second-order valence-corrected chi connectivity index (χ2v) is 6.73. The molecule has 3 aromatic rings. The van der Waals surface area contributed by atoms with Gasteiger partial charge in [0.25, 0.3) is 5.89 Å². The number of hydrogen-bond donors (Lipinski definition) is 2. The molecule has 8 heteroatoms. The van der Waals surface area contributed by atoms with Crippen molar-refractivity contribution in [3.05, 3.63) is 72.1 Å². The highest BCUT2D eigenvalue weighted by Crippen LogP contribution is 2.25. The molecule has 31 heavy (non-hydrogen) atoms. The van der Waals surface area contributed by atoms with Crippen molar-refractivity contribution in [3.8, 4) is 28.6 Å². The predicted octanol–water partition coefficient (Wildman–Crippen LogP) is 4.99. The molecule has 0 aliphatic carbocycles. The molecule has 0 unspecified atom stereocenters. The van der Waals surface area contributed by atoms with Crippen LogP contribution >= 0.6 is 0 Å². The molecule has 0 bridgehead atoms. The molecule has 0 saturated carbocycles. The van der Waals surface area contributed by atoms with E-state index in [-0.39, 0.29) is 0 Å². The highest BCUT2D eigenvalue weighted by atomic mass is 16.5. The highest BCUT2D eigenvalue weighted by Gasteiger charge is 2.13. The lowest BCUT2D eigenvalue weighted by Gasteiger charge is -2.13. The SMILES string of the molecule is C=C(C)C(NC(=O)Nc1ccc(-c2nc(-c3cccc(OC)c3)no2)cc1)=C(C)OC. The second-order valence-electron chi connectivity index (χ2n) is 6.73. The fourth-order valence-electron chi connectivity index (χ4n) is 2.79. The first kappa shape index (κ1) is 21.6. The summed E-state index contributed by atoms with van der Waals surface area (Å²) < 4.78 is 15.8. The van der Waals surface area contributed by atoms with Gasteiger partial charge in [0.2, 0.25) is 5.82 Å². The van der Waals surface area contributed by atoms with Gasteiger partial charge in [-0.25, -0.2) is 4.79 Å². The van der Waals surface area contributed by atoms with Gasteiger partial charge in [-0.15, -0.1) is 0 Å². The van der Waals surface area contributed by atoms with E-state index in [1.165, 1.54) is 7.11 Å². The lowest BCUT2D eigenvalue weighted by atomic mass is 10.2. The lowest BCUT2D eigenvalue weighted by Crippen LogP contribution is -2.29. The molecule has 1 aromatic heterocycles. The van der Waals surface area contributed by atoms with Crippen LogP contribution in [0.4, 0.5) is 10.5 Å². The minimum Gasteiger partial charge on any atom is -0.499 e. The molecule has 0 aliphatic heterocycles. The summed E-state index contributed by atoms with van der Waals surface area (Å²) in [6, 6.07) is 14.1. The Morgan fingerprint density at radius 2 is 1.81 bits per heavy atom. The number of aromatic nitrogens is 2. The van der Waals surface area contributed by atoms with Crippen LogP contribution in [0.3, 0.4) is 0 Å². The van der Waals surface area contributed by atoms with Gasteiger partial charge in [-0.05, 0) is 55.8 Å². The van der Waals surface area contributed by atoms with Crippen LogP contribution in [0.25, 0.3) is 22.8 Å². The van der Waals surface area contributed by atoms with Crippen molar-refractivity contribution in [2.75, 3.05) is 19.5 Å². The Balaban J connectivity index is 1.70. The molecule has 0 fully saturated rings. The summed E-state index contributed by atoms with van der Waals surface area (Å²) in [6.45, 7) is 7.39. The summed E-state index contributed by atoms with van der Waals surface area (Å²) in [6.07, 6.45) is 0. The Labute approximate surface area is 180 Å². The van der Waals surface area contributed by atoms with Crippen molar-refractivity contribution in [2.24, 2.45) is 0 Å². The van der Waals surface area contributed by atoms with Gasteiger partial charge in [0, 0.05) is 16.8 Å². The van der Waals surface area contributed by atoms with Crippen LogP contribution in [0.5, 0.6) is 5.75 Å². The molecule has 0 saturated heterocycles. The summed E-state index contributed by atoms with van der Waals surface area (Å²) in [7, 11) is 3.14. The van der Waals surface area contributed by atoms with Gasteiger partial charge in [-0.3, -0.25) is 0 Å². The van der Waals surface area contributed by atoms with Crippen LogP contribution in [0.15, 0.2) is 76.7 Å². The number of allylic oxidation sites excluding steroid dienone is 2. The van der Waals surface area contributed by atoms with E-state index in [0.29, 0.717) is 40.2 Å². The van der Waals surface area contributed by atoms with Gasteiger partial charge >= 0.3 is 6.03 Å². The number of benzene rings is 2. The number of nitrogens with zero attached hydrogens (tertiary/aromatic N) is 2. The van der Waals surface area contributed by atoms with Gasteiger partial charge in [0.05, 0.1) is 19.9 Å². The molecular weight excluding hydrogens is 396 g/mol. The number of anilines is 1. The van der Waals surface area contributed by atoms with E-state index in [0.717, 1.165) is 11.1 Å². The van der Waals surface area contributed by atoms with E-state index in [1.54, 1.807) is 45.2 Å². The van der Waals surface area contributed by atoms with Crippen LogP contribution in [-0.4, -0.2) is 30.4 Å². The van der Waals surface area contributed by atoms with E-state index < -0.39 is 6.03 Å².